The number of aromatic nitrogens is 2. The molecule has 0 spiro atoms. The van der Waals surface area contributed by atoms with Crippen LogP contribution >= 0.6 is 11.6 Å². The smallest absolute Gasteiger partial charge is 0.332 e. The van der Waals surface area contributed by atoms with Gasteiger partial charge in [0.05, 0.1) is 6.54 Å². The molecule has 1 N–H and O–H groups in total. The number of hydrogen-bond donors (Lipinski definition) is 1. The van der Waals surface area contributed by atoms with Gasteiger partial charge in [-0.3, -0.25) is 9.89 Å². The molecule has 0 aliphatic rings. The van der Waals surface area contributed by atoms with Gasteiger partial charge in [-0.25, -0.2) is 4.39 Å². The van der Waals surface area contributed by atoms with Crippen molar-refractivity contribution in [2.45, 2.75) is 26.6 Å². The number of nitrogens with one attached hydrogen (secondary N) is 1. The Kier molecular flexibility index (Phi) is 7.42. The number of H-pyrrole nitrogens is 1. The second-order valence-corrected chi connectivity index (χ2v) is 6.53. The third kappa shape index (κ3) is 5.45. The summed E-state index contributed by atoms with van der Waals surface area (Å²) in [5, 5.41) is 5.41. The van der Waals surface area contributed by atoms with Crippen molar-refractivity contribution in [1.29, 1.82) is 0 Å². The van der Waals surface area contributed by atoms with Gasteiger partial charge in [0.25, 0.3) is 5.91 Å². The van der Waals surface area contributed by atoms with Crippen molar-refractivity contribution in [3.63, 3.8) is 0 Å². The van der Waals surface area contributed by atoms with E-state index in [1.165, 1.54) is 23.1 Å². The van der Waals surface area contributed by atoms with Crippen LogP contribution in [0.25, 0.3) is 0 Å². The molecule has 0 radical (unpaired) electrons. The van der Waals surface area contributed by atoms with Gasteiger partial charge in [-0.15, -0.1) is 0 Å². The van der Waals surface area contributed by atoms with Crippen LogP contribution in [0.5, 0.6) is 0 Å². The van der Waals surface area contributed by atoms with Crippen LogP contribution in [0.1, 0.15) is 35.6 Å². The van der Waals surface area contributed by atoms with Crippen LogP contribution < -0.4 is 0 Å². The first-order chi connectivity index (χ1) is 13.2. The van der Waals surface area contributed by atoms with E-state index in [0.717, 1.165) is 13.1 Å². The van der Waals surface area contributed by atoms with Crippen molar-refractivity contribution in [3.05, 3.63) is 52.1 Å². The van der Waals surface area contributed by atoms with Crippen molar-refractivity contribution < 1.29 is 22.4 Å². The van der Waals surface area contributed by atoms with E-state index in [4.69, 9.17) is 11.6 Å². The number of halogens is 5. The fraction of sp³-hybridized carbons (Fsp3) is 0.444. The molecule has 0 aliphatic heterocycles. The highest BCUT2D eigenvalue weighted by Gasteiger charge is 2.35. The number of benzene rings is 1. The van der Waals surface area contributed by atoms with Crippen LogP contribution in [0.15, 0.2) is 24.3 Å². The Balaban J connectivity index is 2.29. The van der Waals surface area contributed by atoms with Crippen LogP contribution in [0.3, 0.4) is 0 Å². The molecule has 1 aromatic carbocycles. The summed E-state index contributed by atoms with van der Waals surface area (Å²) in [6.07, 6.45) is -4.67. The standard InChI is InChI=1S/C18H21ClF4N4O/c1-3-26(4-2)8-9-27(11-12-13(19)6-5-7-14(12)20)17(28)15-10-16(25-24-15)18(21,22)23/h5-7,10H,3-4,8-9,11H2,1-2H3,(H,24,25). The molecule has 1 heterocycles. The van der Waals surface area contributed by atoms with Crippen LogP contribution in [-0.4, -0.2) is 52.1 Å². The number of carbonyl (C=O) groups is 1. The molecular formula is C18H21ClF4N4O. The summed E-state index contributed by atoms with van der Waals surface area (Å²) in [7, 11) is 0. The predicted octanol–water partition coefficient (Wildman–Crippen LogP) is 4.21. The highest BCUT2D eigenvalue weighted by molar-refractivity contribution is 6.31. The lowest BCUT2D eigenvalue weighted by Gasteiger charge is -2.26. The molecule has 10 heteroatoms. The average molecular weight is 421 g/mol. The van der Waals surface area contributed by atoms with Gasteiger partial charge in [0.2, 0.25) is 0 Å². The number of nitrogens with zero attached hydrogens (tertiary/aromatic N) is 3. The third-order valence-corrected chi connectivity index (χ3v) is 4.73. The molecular weight excluding hydrogens is 400 g/mol. The number of rotatable bonds is 8. The Labute approximate surface area is 165 Å². The van der Waals surface area contributed by atoms with E-state index in [1.807, 2.05) is 18.7 Å². The topological polar surface area (TPSA) is 52.2 Å². The Morgan fingerprint density at radius 1 is 1.21 bits per heavy atom. The molecule has 0 saturated heterocycles. The summed E-state index contributed by atoms with van der Waals surface area (Å²) in [5.74, 6) is -1.30. The van der Waals surface area contributed by atoms with E-state index in [-0.39, 0.29) is 29.4 Å². The molecule has 0 unspecified atom stereocenters. The van der Waals surface area contributed by atoms with Crippen LogP contribution in [0.4, 0.5) is 17.6 Å². The van der Waals surface area contributed by atoms with E-state index in [9.17, 15) is 22.4 Å². The molecule has 0 saturated carbocycles. The molecule has 1 amide bonds. The number of likely N-dealkylation sites (N-methyl/N-ethyl adjacent to an activating group) is 1. The van der Waals surface area contributed by atoms with Crippen molar-refractivity contribution in [2.24, 2.45) is 0 Å². The molecule has 2 rings (SSSR count). The molecule has 0 aliphatic carbocycles. The summed E-state index contributed by atoms with van der Waals surface area (Å²) in [4.78, 5) is 16.1. The maximum atomic E-state index is 14.2. The van der Waals surface area contributed by atoms with Gasteiger partial charge >= 0.3 is 6.18 Å². The quantitative estimate of drug-likeness (QED) is 0.651. The monoisotopic (exact) mass is 420 g/mol. The SMILES string of the molecule is CCN(CC)CCN(Cc1c(F)cccc1Cl)C(=O)c1cc(C(F)(F)F)n[nH]1. The number of carbonyl (C=O) groups excluding carboxylic acids is 1. The van der Waals surface area contributed by atoms with Gasteiger partial charge in [-0.1, -0.05) is 31.5 Å². The minimum Gasteiger partial charge on any atom is -0.332 e. The first-order valence-electron chi connectivity index (χ1n) is 8.74. The minimum atomic E-state index is -4.67. The molecule has 1 aromatic heterocycles. The third-order valence-electron chi connectivity index (χ3n) is 4.38. The number of amides is 1. The van der Waals surface area contributed by atoms with Crippen LogP contribution in [0, 0.1) is 5.82 Å². The van der Waals surface area contributed by atoms with Crippen molar-refractivity contribution >= 4 is 17.5 Å². The summed E-state index contributed by atoms with van der Waals surface area (Å²) in [6, 6.07) is 4.79. The minimum absolute atomic E-state index is 0.104. The molecule has 2 aromatic rings. The second-order valence-electron chi connectivity index (χ2n) is 6.12. The Hall–Kier alpha value is -2.13. The fourth-order valence-corrected chi connectivity index (χ4v) is 2.90. The summed E-state index contributed by atoms with van der Waals surface area (Å²) < 4.78 is 52.5. The Morgan fingerprint density at radius 2 is 1.89 bits per heavy atom. The van der Waals surface area contributed by atoms with Crippen molar-refractivity contribution in [3.8, 4) is 0 Å². The first kappa shape index (κ1) is 22.2. The van der Waals surface area contributed by atoms with Gasteiger partial charge in [-0.2, -0.15) is 18.3 Å². The Bertz CT molecular complexity index is 785. The van der Waals surface area contributed by atoms with Crippen molar-refractivity contribution in [2.75, 3.05) is 26.2 Å². The van der Waals surface area contributed by atoms with Gasteiger partial charge < -0.3 is 9.80 Å². The maximum Gasteiger partial charge on any atom is 0.435 e. The average Bonchev–Trinajstić information content (AvgIpc) is 3.14. The van der Waals surface area contributed by atoms with E-state index in [1.54, 1.807) is 0 Å². The zero-order valence-electron chi connectivity index (χ0n) is 15.5. The van der Waals surface area contributed by atoms with E-state index >= 15 is 0 Å². The Morgan fingerprint density at radius 3 is 2.43 bits per heavy atom. The largest absolute Gasteiger partial charge is 0.435 e. The predicted molar refractivity (Wildman–Crippen MR) is 97.5 cm³/mol. The normalized spacial score (nSPS) is 11.9. The van der Waals surface area contributed by atoms with E-state index in [0.29, 0.717) is 12.6 Å². The number of aromatic amines is 1. The van der Waals surface area contributed by atoms with E-state index < -0.39 is 23.6 Å². The van der Waals surface area contributed by atoms with Gasteiger partial charge in [-0.05, 0) is 25.2 Å². The van der Waals surface area contributed by atoms with Crippen molar-refractivity contribution in [1.82, 2.24) is 20.0 Å². The van der Waals surface area contributed by atoms with Crippen LogP contribution in [0.2, 0.25) is 5.02 Å². The zero-order chi connectivity index (χ0) is 20.9. The summed E-state index contributed by atoms with van der Waals surface area (Å²) in [6.45, 7) is 5.87. The maximum absolute atomic E-state index is 14.2. The fourth-order valence-electron chi connectivity index (χ4n) is 2.68. The highest BCUT2D eigenvalue weighted by Crippen LogP contribution is 2.28. The summed E-state index contributed by atoms with van der Waals surface area (Å²) >= 11 is 6.05. The first-order valence-corrected chi connectivity index (χ1v) is 9.12. The molecule has 5 nitrogen and oxygen atoms in total. The highest BCUT2D eigenvalue weighted by atomic mass is 35.5. The lowest BCUT2D eigenvalue weighted by atomic mass is 10.2. The lowest BCUT2D eigenvalue weighted by Crippen LogP contribution is -2.38. The molecule has 0 atom stereocenters. The van der Waals surface area contributed by atoms with E-state index in [2.05, 4.69) is 10.2 Å². The summed E-state index contributed by atoms with van der Waals surface area (Å²) in [5.41, 5.74) is -1.41. The van der Waals surface area contributed by atoms with Gasteiger partial charge in [0.1, 0.15) is 11.5 Å². The molecule has 154 valence electrons. The second kappa shape index (κ2) is 9.38. The number of alkyl halides is 3. The molecule has 0 fully saturated rings. The zero-order valence-corrected chi connectivity index (χ0v) is 16.2. The van der Waals surface area contributed by atoms with Gasteiger partial charge in [0, 0.05) is 29.7 Å². The lowest BCUT2D eigenvalue weighted by molar-refractivity contribution is -0.141. The van der Waals surface area contributed by atoms with Crippen LogP contribution in [-0.2, 0) is 12.7 Å². The number of hydrogen-bond acceptors (Lipinski definition) is 3. The molecule has 0 bridgehead atoms. The molecule has 28 heavy (non-hydrogen) atoms. The van der Waals surface area contributed by atoms with Gasteiger partial charge in [0.15, 0.2) is 5.69 Å².